The lowest BCUT2D eigenvalue weighted by atomic mass is 10.0. The van der Waals surface area contributed by atoms with Gasteiger partial charge in [-0.3, -0.25) is 4.79 Å². The maximum absolute atomic E-state index is 13.9. The van der Waals surface area contributed by atoms with Crippen molar-refractivity contribution in [1.29, 1.82) is 0 Å². The third-order valence-electron chi connectivity index (χ3n) is 5.99. The maximum Gasteiger partial charge on any atom is 0.417 e. The van der Waals surface area contributed by atoms with Crippen LogP contribution < -0.4 is 4.74 Å². The summed E-state index contributed by atoms with van der Waals surface area (Å²) in [6.07, 6.45) is -2.80. The first kappa shape index (κ1) is 21.4. The molecule has 3 atom stereocenters. The lowest BCUT2D eigenvalue weighted by Crippen LogP contribution is -2.47. The summed E-state index contributed by atoms with van der Waals surface area (Å²) in [4.78, 5) is 23.0. The smallest absolute Gasteiger partial charge is 0.417 e. The average molecular weight is 462 g/mol. The molecule has 2 aliphatic rings. The third-order valence-corrected chi connectivity index (χ3v) is 5.99. The second kappa shape index (κ2) is 7.82. The number of carbonyl (C=O) groups excluding carboxylic acids is 1. The van der Waals surface area contributed by atoms with E-state index in [9.17, 15) is 22.4 Å². The van der Waals surface area contributed by atoms with E-state index in [4.69, 9.17) is 9.26 Å². The number of halogens is 4. The number of nitrogens with zero attached hydrogens (tertiary/aromatic N) is 4. The molecule has 1 saturated heterocycles. The molecule has 2 fully saturated rings. The van der Waals surface area contributed by atoms with Crippen LogP contribution >= 0.6 is 0 Å². The van der Waals surface area contributed by atoms with E-state index in [1.807, 2.05) is 0 Å². The van der Waals surface area contributed by atoms with Gasteiger partial charge in [-0.05, 0) is 49.9 Å². The average Bonchev–Trinajstić information content (AvgIpc) is 3.49. The van der Waals surface area contributed by atoms with Crippen LogP contribution in [0.2, 0.25) is 0 Å². The number of aromatic nitrogens is 3. The molecule has 2 bridgehead atoms. The van der Waals surface area contributed by atoms with Crippen LogP contribution in [0.3, 0.4) is 0 Å². The summed E-state index contributed by atoms with van der Waals surface area (Å²) >= 11 is 0. The number of benzene rings is 1. The van der Waals surface area contributed by atoms with Gasteiger partial charge < -0.3 is 14.2 Å². The molecule has 1 aromatic carbocycles. The van der Waals surface area contributed by atoms with E-state index in [1.165, 1.54) is 24.3 Å². The first-order chi connectivity index (χ1) is 15.7. The van der Waals surface area contributed by atoms with Gasteiger partial charge in [-0.1, -0.05) is 5.16 Å². The van der Waals surface area contributed by atoms with Gasteiger partial charge in [-0.25, -0.2) is 9.37 Å². The predicted octanol–water partition coefficient (Wildman–Crippen LogP) is 4.28. The number of hydrogen-bond acceptors (Lipinski definition) is 6. The van der Waals surface area contributed by atoms with Crippen molar-refractivity contribution in [2.45, 2.75) is 38.1 Å². The van der Waals surface area contributed by atoms with Crippen LogP contribution in [0.1, 0.15) is 34.6 Å². The van der Waals surface area contributed by atoms with Crippen LogP contribution in [0, 0.1) is 18.7 Å². The van der Waals surface area contributed by atoms with Crippen molar-refractivity contribution in [3.8, 4) is 17.3 Å². The van der Waals surface area contributed by atoms with Gasteiger partial charge in [-0.2, -0.15) is 18.2 Å². The molecule has 5 rings (SSSR count). The van der Waals surface area contributed by atoms with Crippen molar-refractivity contribution in [1.82, 2.24) is 20.0 Å². The highest BCUT2D eigenvalue weighted by Crippen LogP contribution is 2.41. The number of likely N-dealkylation sites (tertiary alicyclic amines) is 1. The first-order valence-corrected chi connectivity index (χ1v) is 10.3. The summed E-state index contributed by atoms with van der Waals surface area (Å²) in [6.45, 7) is 2.12. The summed E-state index contributed by atoms with van der Waals surface area (Å²) in [5, 5.41) is 3.71. The Bertz CT molecular complexity index is 1200. The number of ether oxygens (including phenoxy) is 1. The van der Waals surface area contributed by atoms with Gasteiger partial charge in [0.15, 0.2) is 5.82 Å². The Balaban J connectivity index is 1.37. The number of amides is 1. The normalized spacial score (nSPS) is 22.1. The molecule has 2 aromatic heterocycles. The minimum absolute atomic E-state index is 0.0430. The molecular formula is C22H18F4N4O3. The van der Waals surface area contributed by atoms with E-state index in [0.717, 1.165) is 12.3 Å². The van der Waals surface area contributed by atoms with Crippen LogP contribution in [0.4, 0.5) is 17.6 Å². The number of rotatable bonds is 4. The van der Waals surface area contributed by atoms with E-state index < -0.39 is 23.7 Å². The zero-order valence-corrected chi connectivity index (χ0v) is 17.3. The lowest BCUT2D eigenvalue weighted by Gasteiger charge is -2.33. The fraction of sp³-hybridized carbons (Fsp3) is 0.364. The van der Waals surface area contributed by atoms with Crippen LogP contribution in [0.15, 0.2) is 41.1 Å². The molecule has 0 N–H and O–H groups in total. The number of hydrogen-bond donors (Lipinski definition) is 0. The largest absolute Gasteiger partial charge is 0.472 e. The Morgan fingerprint density at radius 1 is 1.21 bits per heavy atom. The summed E-state index contributed by atoms with van der Waals surface area (Å²) in [6, 6.07) is 5.55. The number of piperidine rings is 1. The summed E-state index contributed by atoms with van der Waals surface area (Å²) in [7, 11) is 0. The van der Waals surface area contributed by atoms with Gasteiger partial charge in [-0.15, -0.1) is 0 Å². The third kappa shape index (κ3) is 4.03. The van der Waals surface area contributed by atoms with Crippen molar-refractivity contribution in [3.63, 3.8) is 0 Å². The Labute approximate surface area is 185 Å². The molecule has 1 aliphatic carbocycles. The number of carbonyl (C=O) groups is 1. The molecule has 0 spiro atoms. The molecule has 3 heterocycles. The topological polar surface area (TPSA) is 81.4 Å². The van der Waals surface area contributed by atoms with E-state index in [2.05, 4.69) is 15.1 Å². The van der Waals surface area contributed by atoms with Gasteiger partial charge >= 0.3 is 6.18 Å². The highest BCUT2D eigenvalue weighted by molar-refractivity contribution is 6.00. The fourth-order valence-electron chi connectivity index (χ4n) is 4.54. The first-order valence-electron chi connectivity index (χ1n) is 10.3. The molecule has 0 unspecified atom stereocenters. The molecule has 11 heteroatoms. The summed E-state index contributed by atoms with van der Waals surface area (Å²) < 4.78 is 63.2. The van der Waals surface area contributed by atoms with Crippen LogP contribution in [-0.2, 0) is 6.18 Å². The highest BCUT2D eigenvalue weighted by atomic mass is 19.4. The molecule has 33 heavy (non-hydrogen) atoms. The summed E-state index contributed by atoms with van der Waals surface area (Å²) in [5.41, 5.74) is -0.441. The monoisotopic (exact) mass is 462 g/mol. The Morgan fingerprint density at radius 2 is 2.03 bits per heavy atom. The Kier molecular flexibility index (Phi) is 5.06. The van der Waals surface area contributed by atoms with Gasteiger partial charge in [0.2, 0.25) is 5.88 Å². The van der Waals surface area contributed by atoms with E-state index in [-0.39, 0.29) is 40.8 Å². The molecule has 7 nitrogen and oxygen atoms in total. The number of pyridine rings is 1. The minimum Gasteiger partial charge on any atom is -0.472 e. The summed E-state index contributed by atoms with van der Waals surface area (Å²) in [5.74, 6) is -0.228. The molecule has 1 aliphatic heterocycles. The Morgan fingerprint density at radius 3 is 2.67 bits per heavy atom. The molecule has 172 valence electrons. The quantitative estimate of drug-likeness (QED) is 0.539. The van der Waals surface area contributed by atoms with Crippen molar-refractivity contribution in [2.75, 3.05) is 6.54 Å². The van der Waals surface area contributed by atoms with Gasteiger partial charge in [0, 0.05) is 18.8 Å². The van der Waals surface area contributed by atoms with E-state index >= 15 is 0 Å². The molecule has 3 aromatic rings. The number of alkyl halides is 3. The van der Waals surface area contributed by atoms with Gasteiger partial charge in [0.1, 0.15) is 11.9 Å². The highest BCUT2D eigenvalue weighted by Gasteiger charge is 2.49. The minimum atomic E-state index is -4.48. The van der Waals surface area contributed by atoms with E-state index in [1.54, 1.807) is 11.8 Å². The van der Waals surface area contributed by atoms with E-state index in [0.29, 0.717) is 25.2 Å². The number of aryl methyl sites for hydroxylation is 1. The standard InChI is InChI=1S/C22H18F4N4O3/c1-11-28-20(33-29-11)16-8-14(23)3-4-15(16)21(31)30-10-12-6-17(30)18(7-12)32-19-5-2-13(9-27-19)22(24,25)26/h2-5,8-9,12,17-18H,6-7,10H2,1H3/t12-,17+,18-/m1/s1. The molecule has 1 saturated carbocycles. The fourth-order valence-corrected chi connectivity index (χ4v) is 4.54. The Hall–Kier alpha value is -3.50. The molecule has 0 radical (unpaired) electrons. The second-order valence-corrected chi connectivity index (χ2v) is 8.24. The lowest BCUT2D eigenvalue weighted by molar-refractivity contribution is -0.137. The van der Waals surface area contributed by atoms with Gasteiger partial charge in [0.05, 0.1) is 22.7 Å². The van der Waals surface area contributed by atoms with Crippen LogP contribution in [0.25, 0.3) is 11.5 Å². The molecule has 1 amide bonds. The van der Waals surface area contributed by atoms with Crippen LogP contribution in [-0.4, -0.2) is 44.6 Å². The zero-order chi connectivity index (χ0) is 23.3. The molecular weight excluding hydrogens is 444 g/mol. The maximum atomic E-state index is 13.9. The van der Waals surface area contributed by atoms with Gasteiger partial charge in [0.25, 0.3) is 11.8 Å². The van der Waals surface area contributed by atoms with Crippen molar-refractivity contribution in [2.24, 2.45) is 5.92 Å². The zero-order valence-electron chi connectivity index (χ0n) is 17.3. The second-order valence-electron chi connectivity index (χ2n) is 8.24. The van der Waals surface area contributed by atoms with Crippen molar-refractivity contribution < 1.29 is 31.6 Å². The van der Waals surface area contributed by atoms with Crippen molar-refractivity contribution in [3.05, 3.63) is 59.3 Å². The van der Waals surface area contributed by atoms with Crippen LogP contribution in [0.5, 0.6) is 5.88 Å². The van der Waals surface area contributed by atoms with Crippen molar-refractivity contribution >= 4 is 5.91 Å². The predicted molar refractivity (Wildman–Crippen MR) is 106 cm³/mol. The SMILES string of the molecule is Cc1noc(-c2cc(F)ccc2C(=O)N2C[C@H]3C[C@@H](Oc4ccc(C(F)(F)F)cn4)[C@@H]2C3)n1. The number of fused-ring (bicyclic) bond motifs is 2.